The Kier molecular flexibility index (Phi) is 4.83. The van der Waals surface area contributed by atoms with Crippen LogP contribution in [0.4, 0.5) is 8.78 Å². The van der Waals surface area contributed by atoms with Gasteiger partial charge in [0.05, 0.1) is 6.42 Å². The second kappa shape index (κ2) is 7.21. The third-order valence-electron chi connectivity index (χ3n) is 3.57. The van der Waals surface area contributed by atoms with Gasteiger partial charge in [-0.25, -0.2) is 8.78 Å². The molecule has 0 aliphatic heterocycles. The van der Waals surface area contributed by atoms with Crippen molar-refractivity contribution >= 4 is 5.91 Å². The maximum atomic E-state index is 12.9. The molecule has 0 unspecified atom stereocenters. The Balaban J connectivity index is 1.63. The summed E-state index contributed by atoms with van der Waals surface area (Å²) in [5, 5.41) is 6.58. The van der Waals surface area contributed by atoms with Gasteiger partial charge in [-0.3, -0.25) is 4.79 Å². The number of aromatic nitrogens is 2. The van der Waals surface area contributed by atoms with Crippen molar-refractivity contribution in [1.82, 2.24) is 15.5 Å². The van der Waals surface area contributed by atoms with Gasteiger partial charge in [-0.15, -0.1) is 0 Å². The summed E-state index contributed by atoms with van der Waals surface area (Å²) in [6.07, 6.45) is 0.115. The first-order valence-corrected chi connectivity index (χ1v) is 7.64. The molecule has 128 valence electrons. The summed E-state index contributed by atoms with van der Waals surface area (Å²) in [4.78, 5) is 16.3. The molecule has 1 heterocycles. The van der Waals surface area contributed by atoms with Crippen molar-refractivity contribution in [3.8, 4) is 11.4 Å². The Morgan fingerprint density at radius 2 is 1.68 bits per heavy atom. The molecule has 5 nitrogen and oxygen atoms in total. The van der Waals surface area contributed by atoms with Gasteiger partial charge in [0.1, 0.15) is 17.7 Å². The predicted octanol–water partition coefficient (Wildman–Crippen LogP) is 3.43. The van der Waals surface area contributed by atoms with Crippen LogP contribution in [0.3, 0.4) is 0 Å². The van der Waals surface area contributed by atoms with E-state index in [0.717, 1.165) is 0 Å². The van der Waals surface area contributed by atoms with E-state index in [1.807, 2.05) is 0 Å². The smallest absolute Gasteiger partial charge is 0.249 e. The van der Waals surface area contributed by atoms with E-state index in [0.29, 0.717) is 17.0 Å². The Bertz CT molecular complexity index is 861. The van der Waals surface area contributed by atoms with Crippen molar-refractivity contribution in [2.75, 3.05) is 0 Å². The minimum Gasteiger partial charge on any atom is -0.344 e. The molecule has 0 aliphatic carbocycles. The topological polar surface area (TPSA) is 68.0 Å². The van der Waals surface area contributed by atoms with E-state index < -0.39 is 6.04 Å². The van der Waals surface area contributed by atoms with Gasteiger partial charge in [0, 0.05) is 5.56 Å². The molecule has 1 atom stereocenters. The highest BCUT2D eigenvalue weighted by atomic mass is 19.1. The molecule has 0 radical (unpaired) electrons. The first kappa shape index (κ1) is 16.8. The van der Waals surface area contributed by atoms with Crippen molar-refractivity contribution in [1.29, 1.82) is 0 Å². The molecule has 0 saturated heterocycles. The van der Waals surface area contributed by atoms with Crippen LogP contribution >= 0.6 is 0 Å². The van der Waals surface area contributed by atoms with E-state index in [1.54, 1.807) is 31.2 Å². The number of nitrogens with zero attached hydrogens (tertiary/aromatic N) is 2. The lowest BCUT2D eigenvalue weighted by molar-refractivity contribution is -0.121. The summed E-state index contributed by atoms with van der Waals surface area (Å²) in [7, 11) is 0. The zero-order valence-corrected chi connectivity index (χ0v) is 13.4. The third-order valence-corrected chi connectivity index (χ3v) is 3.57. The maximum absolute atomic E-state index is 12.9. The SMILES string of the molecule is C[C@@H](NC(=O)Cc1ccc(F)cc1)c1nc(-c2ccc(F)cc2)no1. The number of halogens is 2. The lowest BCUT2D eigenvalue weighted by Gasteiger charge is -2.09. The highest BCUT2D eigenvalue weighted by Crippen LogP contribution is 2.19. The van der Waals surface area contributed by atoms with Crippen LogP contribution in [0, 0.1) is 11.6 Å². The summed E-state index contributed by atoms with van der Waals surface area (Å²) in [6, 6.07) is 10.9. The number of carbonyl (C=O) groups excluding carboxylic acids is 1. The Labute approximate surface area is 142 Å². The summed E-state index contributed by atoms with van der Waals surface area (Å²) in [6.45, 7) is 1.71. The number of hydrogen-bond donors (Lipinski definition) is 1. The Hall–Kier alpha value is -3.09. The molecule has 0 fully saturated rings. The average molecular weight is 343 g/mol. The second-order valence-corrected chi connectivity index (χ2v) is 5.56. The van der Waals surface area contributed by atoms with E-state index in [2.05, 4.69) is 15.5 Å². The van der Waals surface area contributed by atoms with Crippen LogP contribution in [-0.2, 0) is 11.2 Å². The zero-order chi connectivity index (χ0) is 17.8. The van der Waals surface area contributed by atoms with Crippen LogP contribution < -0.4 is 5.32 Å². The molecular formula is C18H15F2N3O2. The van der Waals surface area contributed by atoms with Crippen LogP contribution in [0.25, 0.3) is 11.4 Å². The number of nitrogens with one attached hydrogen (secondary N) is 1. The predicted molar refractivity (Wildman–Crippen MR) is 86.4 cm³/mol. The van der Waals surface area contributed by atoms with E-state index in [4.69, 9.17) is 4.52 Å². The van der Waals surface area contributed by atoms with Gasteiger partial charge in [-0.05, 0) is 48.9 Å². The van der Waals surface area contributed by atoms with Crippen LogP contribution in [0.1, 0.15) is 24.4 Å². The minimum absolute atomic E-state index is 0.115. The van der Waals surface area contributed by atoms with Crippen LogP contribution in [0.5, 0.6) is 0 Å². The monoisotopic (exact) mass is 343 g/mol. The van der Waals surface area contributed by atoms with Crippen molar-refractivity contribution in [2.45, 2.75) is 19.4 Å². The fraction of sp³-hybridized carbons (Fsp3) is 0.167. The van der Waals surface area contributed by atoms with Crippen LogP contribution in [0.2, 0.25) is 0 Å². The van der Waals surface area contributed by atoms with Crippen LogP contribution in [-0.4, -0.2) is 16.0 Å². The van der Waals surface area contributed by atoms with Gasteiger partial charge in [-0.2, -0.15) is 4.98 Å². The lowest BCUT2D eigenvalue weighted by Crippen LogP contribution is -2.28. The van der Waals surface area contributed by atoms with Gasteiger partial charge < -0.3 is 9.84 Å². The van der Waals surface area contributed by atoms with Gasteiger partial charge in [0.25, 0.3) is 0 Å². The molecule has 0 spiro atoms. The Morgan fingerprint density at radius 3 is 2.32 bits per heavy atom. The standard InChI is InChI=1S/C18H15F2N3O2/c1-11(21-16(24)10-12-2-6-14(19)7-3-12)18-22-17(23-25-18)13-4-8-15(20)9-5-13/h2-9,11H,10H2,1H3,(H,21,24)/t11-/m1/s1. The zero-order valence-electron chi connectivity index (χ0n) is 13.4. The quantitative estimate of drug-likeness (QED) is 0.771. The largest absolute Gasteiger partial charge is 0.344 e. The molecule has 7 heteroatoms. The minimum atomic E-state index is -0.491. The van der Waals surface area contributed by atoms with Crippen molar-refractivity contribution < 1.29 is 18.1 Å². The molecule has 25 heavy (non-hydrogen) atoms. The van der Waals surface area contributed by atoms with Crippen LogP contribution in [0.15, 0.2) is 53.1 Å². The van der Waals surface area contributed by atoms with Crippen molar-refractivity contribution in [3.63, 3.8) is 0 Å². The highest BCUT2D eigenvalue weighted by Gasteiger charge is 2.17. The second-order valence-electron chi connectivity index (χ2n) is 5.56. The molecule has 1 N–H and O–H groups in total. The molecule has 0 aliphatic rings. The van der Waals surface area contributed by atoms with Gasteiger partial charge in [0.15, 0.2) is 0 Å². The lowest BCUT2D eigenvalue weighted by atomic mass is 10.1. The number of rotatable bonds is 5. The molecule has 1 aromatic heterocycles. The fourth-order valence-corrected chi connectivity index (χ4v) is 2.27. The average Bonchev–Trinajstić information content (AvgIpc) is 3.08. The maximum Gasteiger partial charge on any atom is 0.249 e. The molecule has 1 amide bonds. The normalized spacial score (nSPS) is 12.0. The third kappa shape index (κ3) is 4.26. The summed E-state index contributed by atoms with van der Waals surface area (Å²) >= 11 is 0. The molecule has 0 bridgehead atoms. The summed E-state index contributed by atoms with van der Waals surface area (Å²) in [5.74, 6) is -0.396. The highest BCUT2D eigenvalue weighted by molar-refractivity contribution is 5.78. The van der Waals surface area contributed by atoms with Gasteiger partial charge in [-0.1, -0.05) is 17.3 Å². The van der Waals surface area contributed by atoms with Crippen molar-refractivity contribution in [2.24, 2.45) is 0 Å². The number of benzene rings is 2. The van der Waals surface area contributed by atoms with Gasteiger partial charge in [0.2, 0.25) is 17.6 Å². The molecule has 3 aromatic rings. The first-order chi connectivity index (χ1) is 12.0. The van der Waals surface area contributed by atoms with Gasteiger partial charge >= 0.3 is 0 Å². The molecule has 2 aromatic carbocycles. The van der Waals surface area contributed by atoms with E-state index in [9.17, 15) is 13.6 Å². The van der Waals surface area contributed by atoms with E-state index in [-0.39, 0.29) is 29.9 Å². The molecule has 3 rings (SSSR count). The first-order valence-electron chi connectivity index (χ1n) is 7.64. The summed E-state index contributed by atoms with van der Waals surface area (Å²) < 4.78 is 31.0. The number of hydrogen-bond acceptors (Lipinski definition) is 4. The number of carbonyl (C=O) groups is 1. The van der Waals surface area contributed by atoms with E-state index >= 15 is 0 Å². The Morgan fingerprint density at radius 1 is 1.08 bits per heavy atom. The summed E-state index contributed by atoms with van der Waals surface area (Å²) in [5.41, 5.74) is 1.31. The fourth-order valence-electron chi connectivity index (χ4n) is 2.27. The van der Waals surface area contributed by atoms with E-state index in [1.165, 1.54) is 24.3 Å². The number of amides is 1. The molecular weight excluding hydrogens is 328 g/mol. The van der Waals surface area contributed by atoms with Crippen molar-refractivity contribution in [3.05, 3.63) is 71.6 Å². The molecule has 0 saturated carbocycles.